The molecule has 0 N–H and O–H groups in total. The maximum atomic E-state index is 12.9. The molecule has 0 aliphatic rings. The minimum Gasteiger partial charge on any atom is -0.245 e. The molecule has 0 bridgehead atoms. The predicted molar refractivity (Wildman–Crippen MR) is 54.6 cm³/mol. The maximum Gasteiger partial charge on any atom is 0.129 e. The van der Waals surface area contributed by atoms with Gasteiger partial charge in [-0.3, -0.25) is 0 Å². The third-order valence-electron chi connectivity index (χ3n) is 1.92. The molecule has 0 unspecified atom stereocenters. The van der Waals surface area contributed by atoms with Gasteiger partial charge in [-0.05, 0) is 35.4 Å². The fourth-order valence-corrected chi connectivity index (χ4v) is 1.48. The van der Waals surface area contributed by atoms with Crippen LogP contribution in [-0.2, 0) is 0 Å². The first-order valence-corrected chi connectivity index (χ1v) is 4.61. The van der Waals surface area contributed by atoms with Gasteiger partial charge in [-0.25, -0.2) is 13.8 Å². The highest BCUT2D eigenvalue weighted by Crippen LogP contribution is 2.22. The monoisotopic (exact) mass is 225 g/mol. The first-order chi connectivity index (χ1) is 7.15. The summed E-state index contributed by atoms with van der Waals surface area (Å²) >= 11 is 5.68. The highest BCUT2D eigenvalue weighted by molar-refractivity contribution is 6.29. The van der Waals surface area contributed by atoms with Crippen molar-refractivity contribution >= 4 is 11.6 Å². The van der Waals surface area contributed by atoms with E-state index in [1.807, 2.05) is 0 Å². The fraction of sp³-hybridized carbons (Fsp3) is 0. The van der Waals surface area contributed by atoms with E-state index in [1.54, 1.807) is 12.1 Å². The largest absolute Gasteiger partial charge is 0.245 e. The van der Waals surface area contributed by atoms with Gasteiger partial charge in [0.15, 0.2) is 0 Å². The zero-order valence-corrected chi connectivity index (χ0v) is 8.30. The zero-order chi connectivity index (χ0) is 10.8. The molecule has 1 heterocycles. The predicted octanol–water partition coefficient (Wildman–Crippen LogP) is 3.68. The third-order valence-corrected chi connectivity index (χ3v) is 2.13. The smallest absolute Gasteiger partial charge is 0.129 e. The van der Waals surface area contributed by atoms with E-state index in [9.17, 15) is 8.78 Å². The van der Waals surface area contributed by atoms with E-state index >= 15 is 0 Å². The Labute approximate surface area is 90.3 Å². The first-order valence-electron chi connectivity index (χ1n) is 4.23. The van der Waals surface area contributed by atoms with Crippen LogP contribution >= 0.6 is 11.6 Å². The Hall–Kier alpha value is -1.48. The zero-order valence-electron chi connectivity index (χ0n) is 7.55. The lowest BCUT2D eigenvalue weighted by molar-refractivity contribution is 0.584. The molecule has 15 heavy (non-hydrogen) atoms. The van der Waals surface area contributed by atoms with Crippen molar-refractivity contribution in [3.05, 3.63) is 53.3 Å². The minimum absolute atomic E-state index is 0.289. The van der Waals surface area contributed by atoms with Gasteiger partial charge in [0.1, 0.15) is 16.8 Å². The van der Waals surface area contributed by atoms with Crippen LogP contribution in [0.25, 0.3) is 11.1 Å². The average molecular weight is 226 g/mol. The van der Waals surface area contributed by atoms with Gasteiger partial charge in [-0.2, -0.15) is 0 Å². The lowest BCUT2D eigenvalue weighted by Gasteiger charge is -2.02. The molecule has 1 aromatic heterocycles. The molecule has 0 aliphatic carbocycles. The van der Waals surface area contributed by atoms with Crippen LogP contribution in [0.1, 0.15) is 0 Å². The van der Waals surface area contributed by atoms with E-state index in [0.29, 0.717) is 11.1 Å². The summed E-state index contributed by atoms with van der Waals surface area (Å²) in [6, 6.07) is 6.51. The second-order valence-electron chi connectivity index (χ2n) is 3.03. The van der Waals surface area contributed by atoms with Crippen LogP contribution < -0.4 is 0 Å². The van der Waals surface area contributed by atoms with Crippen molar-refractivity contribution in [2.24, 2.45) is 0 Å². The maximum absolute atomic E-state index is 12.9. The highest BCUT2D eigenvalue weighted by atomic mass is 35.5. The van der Waals surface area contributed by atoms with Gasteiger partial charge in [0.05, 0.1) is 0 Å². The number of aromatic nitrogens is 1. The Morgan fingerprint density at radius 3 is 2.20 bits per heavy atom. The quantitative estimate of drug-likeness (QED) is 0.675. The van der Waals surface area contributed by atoms with E-state index < -0.39 is 11.6 Å². The second-order valence-corrected chi connectivity index (χ2v) is 3.41. The van der Waals surface area contributed by atoms with E-state index in [2.05, 4.69) is 4.98 Å². The van der Waals surface area contributed by atoms with Gasteiger partial charge in [0.2, 0.25) is 0 Å². The summed E-state index contributed by atoms with van der Waals surface area (Å²) in [5.74, 6) is -1.23. The number of pyridine rings is 1. The van der Waals surface area contributed by atoms with Crippen LogP contribution in [0.15, 0.2) is 36.5 Å². The van der Waals surface area contributed by atoms with Crippen molar-refractivity contribution in [3.8, 4) is 11.1 Å². The molecule has 0 saturated heterocycles. The summed E-state index contributed by atoms with van der Waals surface area (Å²) in [6.07, 6.45) is 1.49. The van der Waals surface area contributed by atoms with Crippen molar-refractivity contribution in [3.63, 3.8) is 0 Å². The second kappa shape index (κ2) is 3.95. The first kappa shape index (κ1) is 10.1. The molecular formula is C11H6ClF2N. The van der Waals surface area contributed by atoms with E-state index in [-0.39, 0.29) is 5.15 Å². The highest BCUT2D eigenvalue weighted by Gasteiger charge is 2.03. The average Bonchev–Trinajstić information content (AvgIpc) is 2.16. The Morgan fingerprint density at radius 1 is 0.933 bits per heavy atom. The van der Waals surface area contributed by atoms with Gasteiger partial charge in [-0.15, -0.1) is 0 Å². The summed E-state index contributed by atoms with van der Waals surface area (Å²) in [5.41, 5.74) is 1.07. The molecule has 76 valence electrons. The summed E-state index contributed by atoms with van der Waals surface area (Å²) in [5, 5.41) is 0.289. The molecule has 0 amide bonds. The van der Waals surface area contributed by atoms with Crippen molar-refractivity contribution in [2.45, 2.75) is 0 Å². The SMILES string of the molecule is Fc1cc(F)cc(-c2ccnc(Cl)c2)c1. The number of hydrogen-bond acceptors (Lipinski definition) is 1. The molecule has 2 rings (SSSR count). The summed E-state index contributed by atoms with van der Waals surface area (Å²) in [4.78, 5) is 3.79. The number of rotatable bonds is 1. The Kier molecular flexibility index (Phi) is 2.64. The summed E-state index contributed by atoms with van der Waals surface area (Å²) in [6.45, 7) is 0. The van der Waals surface area contributed by atoms with E-state index in [4.69, 9.17) is 11.6 Å². The van der Waals surface area contributed by atoms with Crippen molar-refractivity contribution in [2.75, 3.05) is 0 Å². The van der Waals surface area contributed by atoms with Crippen molar-refractivity contribution in [1.82, 2.24) is 4.98 Å². The van der Waals surface area contributed by atoms with Crippen LogP contribution in [0.4, 0.5) is 8.78 Å². The number of benzene rings is 1. The fourth-order valence-electron chi connectivity index (χ4n) is 1.30. The van der Waals surface area contributed by atoms with Gasteiger partial charge in [-0.1, -0.05) is 11.6 Å². The number of hydrogen-bond donors (Lipinski definition) is 0. The molecule has 2 aromatic rings. The van der Waals surface area contributed by atoms with Crippen LogP contribution in [0.2, 0.25) is 5.15 Å². The minimum atomic E-state index is -0.613. The van der Waals surface area contributed by atoms with Gasteiger partial charge < -0.3 is 0 Å². The molecule has 1 nitrogen and oxygen atoms in total. The van der Waals surface area contributed by atoms with Gasteiger partial charge >= 0.3 is 0 Å². The van der Waals surface area contributed by atoms with Gasteiger partial charge in [0.25, 0.3) is 0 Å². The standard InChI is InChI=1S/C11H6ClF2N/c12-11-5-7(1-2-15-11)8-3-9(13)6-10(14)4-8/h1-6H. The van der Waals surface area contributed by atoms with Crippen molar-refractivity contribution < 1.29 is 8.78 Å². The molecule has 0 aliphatic heterocycles. The normalized spacial score (nSPS) is 10.3. The summed E-state index contributed by atoms with van der Waals surface area (Å²) < 4.78 is 25.9. The van der Waals surface area contributed by atoms with Crippen LogP contribution in [0.3, 0.4) is 0 Å². The Balaban J connectivity index is 2.54. The number of halogens is 3. The lowest BCUT2D eigenvalue weighted by atomic mass is 10.1. The van der Waals surface area contributed by atoms with Crippen LogP contribution in [0.5, 0.6) is 0 Å². The number of nitrogens with zero attached hydrogens (tertiary/aromatic N) is 1. The van der Waals surface area contributed by atoms with Crippen LogP contribution in [-0.4, -0.2) is 4.98 Å². The molecule has 1 aromatic carbocycles. The molecule has 0 atom stereocenters. The van der Waals surface area contributed by atoms with Gasteiger partial charge in [0, 0.05) is 12.3 Å². The molecule has 4 heteroatoms. The Bertz CT molecular complexity index is 479. The Morgan fingerprint density at radius 2 is 1.60 bits per heavy atom. The topological polar surface area (TPSA) is 12.9 Å². The molecule has 0 fully saturated rings. The van der Waals surface area contributed by atoms with Crippen molar-refractivity contribution in [1.29, 1.82) is 0 Å². The molecule has 0 radical (unpaired) electrons. The molecule has 0 spiro atoms. The molecular weight excluding hydrogens is 220 g/mol. The summed E-state index contributed by atoms with van der Waals surface area (Å²) in [7, 11) is 0. The van der Waals surface area contributed by atoms with E-state index in [1.165, 1.54) is 18.3 Å². The van der Waals surface area contributed by atoms with E-state index in [0.717, 1.165) is 6.07 Å². The molecule has 0 saturated carbocycles. The lowest BCUT2D eigenvalue weighted by Crippen LogP contribution is -1.85. The van der Waals surface area contributed by atoms with Crippen LogP contribution in [0, 0.1) is 11.6 Å². The third kappa shape index (κ3) is 2.30.